The molecule has 0 saturated carbocycles. The Morgan fingerprint density at radius 1 is 1.03 bits per heavy atom. The summed E-state index contributed by atoms with van der Waals surface area (Å²) in [5, 5.41) is 3.59. The molecular formula is C26H35ClN2O3. The van der Waals surface area contributed by atoms with Crippen LogP contribution in [0.5, 0.6) is 5.75 Å². The summed E-state index contributed by atoms with van der Waals surface area (Å²) in [7, 11) is 0. The SMILES string of the molecule is CCCCNC(=O)[C@H](CC)N(Cc1ccc(Cl)cc1)C(=O)COc1ccc(C(C)C)cc1. The van der Waals surface area contributed by atoms with E-state index in [0.29, 0.717) is 36.2 Å². The van der Waals surface area contributed by atoms with Crippen molar-refractivity contribution in [2.24, 2.45) is 0 Å². The predicted octanol–water partition coefficient (Wildman–Crippen LogP) is 5.57. The number of nitrogens with zero attached hydrogens (tertiary/aromatic N) is 1. The molecule has 0 aliphatic carbocycles. The van der Waals surface area contributed by atoms with E-state index in [2.05, 4.69) is 26.1 Å². The van der Waals surface area contributed by atoms with Crippen molar-refractivity contribution in [3.05, 3.63) is 64.7 Å². The van der Waals surface area contributed by atoms with Gasteiger partial charge >= 0.3 is 0 Å². The minimum atomic E-state index is -0.568. The zero-order valence-corrected chi connectivity index (χ0v) is 20.3. The molecule has 0 saturated heterocycles. The van der Waals surface area contributed by atoms with E-state index in [9.17, 15) is 9.59 Å². The second-order valence-corrected chi connectivity index (χ2v) is 8.67. The van der Waals surface area contributed by atoms with Crippen molar-refractivity contribution in [2.45, 2.75) is 65.5 Å². The van der Waals surface area contributed by atoms with Gasteiger partial charge in [0, 0.05) is 18.1 Å². The van der Waals surface area contributed by atoms with E-state index in [1.54, 1.807) is 17.0 Å². The molecule has 0 fully saturated rings. The van der Waals surface area contributed by atoms with Gasteiger partial charge in [0.05, 0.1) is 0 Å². The Hall–Kier alpha value is -2.53. The summed E-state index contributed by atoms with van der Waals surface area (Å²) >= 11 is 6.01. The Kier molecular flexibility index (Phi) is 10.5. The van der Waals surface area contributed by atoms with Gasteiger partial charge in [-0.2, -0.15) is 0 Å². The van der Waals surface area contributed by atoms with E-state index in [1.165, 1.54) is 5.56 Å². The molecule has 0 spiro atoms. The largest absolute Gasteiger partial charge is 0.484 e. The second-order valence-electron chi connectivity index (χ2n) is 8.23. The first kappa shape index (κ1) is 25.7. The van der Waals surface area contributed by atoms with Crippen LogP contribution in [0.15, 0.2) is 48.5 Å². The van der Waals surface area contributed by atoms with E-state index in [0.717, 1.165) is 18.4 Å². The van der Waals surface area contributed by atoms with Crippen LogP contribution >= 0.6 is 11.6 Å². The molecule has 0 aromatic heterocycles. The van der Waals surface area contributed by atoms with Gasteiger partial charge in [0.1, 0.15) is 11.8 Å². The first-order valence-electron chi connectivity index (χ1n) is 11.4. The van der Waals surface area contributed by atoms with Crippen molar-refractivity contribution in [1.82, 2.24) is 10.2 Å². The maximum Gasteiger partial charge on any atom is 0.261 e. The van der Waals surface area contributed by atoms with Crippen LogP contribution in [-0.2, 0) is 16.1 Å². The zero-order chi connectivity index (χ0) is 23.5. The van der Waals surface area contributed by atoms with Crippen LogP contribution in [0.4, 0.5) is 0 Å². The lowest BCUT2D eigenvalue weighted by atomic mass is 10.0. The third-order valence-corrected chi connectivity index (χ3v) is 5.64. The van der Waals surface area contributed by atoms with Gasteiger partial charge in [0.25, 0.3) is 5.91 Å². The molecule has 0 radical (unpaired) electrons. The molecule has 0 aliphatic rings. The summed E-state index contributed by atoms with van der Waals surface area (Å²) in [6.45, 7) is 9.03. The van der Waals surface area contributed by atoms with Crippen molar-refractivity contribution >= 4 is 23.4 Å². The van der Waals surface area contributed by atoms with Gasteiger partial charge in [-0.3, -0.25) is 9.59 Å². The Bertz CT molecular complexity index is 850. The normalized spacial score (nSPS) is 11.8. The molecule has 2 amide bonds. The predicted molar refractivity (Wildman–Crippen MR) is 130 cm³/mol. The smallest absolute Gasteiger partial charge is 0.261 e. The standard InChI is InChI=1S/C26H35ClN2O3/c1-5-7-16-28-26(31)24(6-2)29(17-20-8-12-22(27)13-9-20)25(30)18-32-23-14-10-21(11-15-23)19(3)4/h8-15,19,24H,5-7,16-18H2,1-4H3,(H,28,31)/t24-/m0/s1. The van der Waals surface area contributed by atoms with Crippen molar-refractivity contribution < 1.29 is 14.3 Å². The van der Waals surface area contributed by atoms with Gasteiger partial charge in [-0.05, 0) is 54.2 Å². The summed E-state index contributed by atoms with van der Waals surface area (Å²) in [5.41, 5.74) is 2.12. The number of carbonyl (C=O) groups excluding carboxylic acids is 2. The van der Waals surface area contributed by atoms with E-state index in [1.807, 2.05) is 43.3 Å². The first-order chi connectivity index (χ1) is 15.3. The molecule has 5 nitrogen and oxygen atoms in total. The summed E-state index contributed by atoms with van der Waals surface area (Å²) in [5.74, 6) is 0.696. The minimum Gasteiger partial charge on any atom is -0.484 e. The fraction of sp³-hybridized carbons (Fsp3) is 0.462. The Labute approximate surface area is 197 Å². The Balaban J connectivity index is 2.14. The summed E-state index contributed by atoms with van der Waals surface area (Å²) in [6.07, 6.45) is 2.41. The highest BCUT2D eigenvalue weighted by Gasteiger charge is 2.28. The molecule has 0 heterocycles. The van der Waals surface area contributed by atoms with Gasteiger partial charge < -0.3 is 15.0 Å². The average molecular weight is 459 g/mol. The fourth-order valence-corrected chi connectivity index (χ4v) is 3.52. The lowest BCUT2D eigenvalue weighted by molar-refractivity contribution is -0.143. The number of hydrogen-bond acceptors (Lipinski definition) is 3. The van der Waals surface area contributed by atoms with Crippen LogP contribution in [0.2, 0.25) is 5.02 Å². The van der Waals surface area contributed by atoms with Gasteiger partial charge in [-0.1, -0.05) is 70.0 Å². The fourth-order valence-electron chi connectivity index (χ4n) is 3.39. The molecular weight excluding hydrogens is 424 g/mol. The quantitative estimate of drug-likeness (QED) is 0.423. The van der Waals surface area contributed by atoms with Gasteiger partial charge in [-0.15, -0.1) is 0 Å². The third-order valence-electron chi connectivity index (χ3n) is 5.39. The van der Waals surface area contributed by atoms with Crippen molar-refractivity contribution in [2.75, 3.05) is 13.2 Å². The van der Waals surface area contributed by atoms with Crippen LogP contribution in [0.1, 0.15) is 64.0 Å². The van der Waals surface area contributed by atoms with E-state index < -0.39 is 6.04 Å². The average Bonchev–Trinajstić information content (AvgIpc) is 2.79. The molecule has 1 N–H and O–H groups in total. The van der Waals surface area contributed by atoms with Crippen LogP contribution in [-0.4, -0.2) is 35.9 Å². The van der Waals surface area contributed by atoms with Crippen LogP contribution in [0, 0.1) is 0 Å². The highest BCUT2D eigenvalue weighted by Crippen LogP contribution is 2.19. The van der Waals surface area contributed by atoms with E-state index in [4.69, 9.17) is 16.3 Å². The van der Waals surface area contributed by atoms with Crippen LogP contribution < -0.4 is 10.1 Å². The first-order valence-corrected chi connectivity index (χ1v) is 11.8. The Morgan fingerprint density at radius 2 is 1.69 bits per heavy atom. The number of ether oxygens (including phenoxy) is 1. The molecule has 1 atom stereocenters. The maximum atomic E-state index is 13.2. The number of unbranched alkanes of at least 4 members (excludes halogenated alkanes) is 1. The van der Waals surface area contributed by atoms with Gasteiger partial charge in [0.15, 0.2) is 6.61 Å². The molecule has 6 heteroatoms. The molecule has 2 aromatic rings. The maximum absolute atomic E-state index is 13.2. The highest BCUT2D eigenvalue weighted by molar-refractivity contribution is 6.30. The van der Waals surface area contributed by atoms with Crippen molar-refractivity contribution in [3.8, 4) is 5.75 Å². The molecule has 32 heavy (non-hydrogen) atoms. The summed E-state index contributed by atoms with van der Waals surface area (Å²) in [6, 6.07) is 14.5. The third kappa shape index (κ3) is 7.86. The molecule has 174 valence electrons. The molecule has 0 unspecified atom stereocenters. The molecule has 2 aromatic carbocycles. The number of rotatable bonds is 12. The number of nitrogens with one attached hydrogen (secondary N) is 1. The number of amides is 2. The highest BCUT2D eigenvalue weighted by atomic mass is 35.5. The number of carbonyl (C=O) groups is 2. The molecule has 0 aliphatic heterocycles. The van der Waals surface area contributed by atoms with E-state index in [-0.39, 0.29) is 18.4 Å². The molecule has 2 rings (SSSR count). The van der Waals surface area contributed by atoms with Crippen molar-refractivity contribution in [1.29, 1.82) is 0 Å². The number of halogens is 1. The van der Waals surface area contributed by atoms with Crippen LogP contribution in [0.3, 0.4) is 0 Å². The lowest BCUT2D eigenvalue weighted by Crippen LogP contribution is -2.50. The van der Waals surface area contributed by atoms with Gasteiger partial charge in [0.2, 0.25) is 5.91 Å². The van der Waals surface area contributed by atoms with Gasteiger partial charge in [-0.25, -0.2) is 0 Å². The molecule has 0 bridgehead atoms. The topological polar surface area (TPSA) is 58.6 Å². The summed E-state index contributed by atoms with van der Waals surface area (Å²) < 4.78 is 5.77. The lowest BCUT2D eigenvalue weighted by Gasteiger charge is -2.30. The van der Waals surface area contributed by atoms with E-state index >= 15 is 0 Å². The number of benzene rings is 2. The van der Waals surface area contributed by atoms with Crippen LogP contribution in [0.25, 0.3) is 0 Å². The Morgan fingerprint density at radius 3 is 2.25 bits per heavy atom. The second kappa shape index (κ2) is 13.1. The number of hydrogen-bond donors (Lipinski definition) is 1. The zero-order valence-electron chi connectivity index (χ0n) is 19.6. The minimum absolute atomic E-state index is 0.132. The summed E-state index contributed by atoms with van der Waals surface area (Å²) in [4.78, 5) is 27.6. The monoisotopic (exact) mass is 458 g/mol. The van der Waals surface area contributed by atoms with Crippen molar-refractivity contribution in [3.63, 3.8) is 0 Å².